The van der Waals surface area contributed by atoms with Crippen molar-refractivity contribution >= 4 is 34.1 Å². The number of benzene rings is 2. The second-order valence-electron chi connectivity index (χ2n) is 4.33. The molecule has 0 amide bonds. The molecule has 0 saturated heterocycles. The van der Waals surface area contributed by atoms with E-state index in [1.807, 2.05) is 42.5 Å². The molecule has 3 aromatic rings. The van der Waals surface area contributed by atoms with Gasteiger partial charge in [-0.05, 0) is 18.2 Å². The van der Waals surface area contributed by atoms with E-state index in [1.165, 1.54) is 0 Å². The molecule has 0 saturated carbocycles. The molecule has 2 nitrogen and oxygen atoms in total. The molecular weight excluding hydrogens is 293 g/mol. The zero-order chi connectivity index (χ0) is 13.9. The number of ether oxygens (including phenoxy) is 1. The minimum Gasteiger partial charge on any atom is -0.454 e. The molecule has 100 valence electrons. The van der Waals surface area contributed by atoms with E-state index in [4.69, 9.17) is 27.9 Å². The highest BCUT2D eigenvalue weighted by atomic mass is 35.5. The predicted molar refractivity (Wildman–Crippen MR) is 82.8 cm³/mol. The van der Waals surface area contributed by atoms with Gasteiger partial charge < -0.3 is 4.74 Å². The summed E-state index contributed by atoms with van der Waals surface area (Å²) in [5, 5.41) is 1.56. The Balaban J connectivity index is 2.01. The van der Waals surface area contributed by atoms with Gasteiger partial charge in [-0.25, -0.2) is 0 Å². The van der Waals surface area contributed by atoms with Crippen molar-refractivity contribution in [3.8, 4) is 11.5 Å². The number of aromatic nitrogens is 1. The van der Waals surface area contributed by atoms with E-state index >= 15 is 0 Å². The third-order valence-corrected chi connectivity index (χ3v) is 3.56. The summed E-state index contributed by atoms with van der Waals surface area (Å²) >= 11 is 12.1. The van der Waals surface area contributed by atoms with Crippen LogP contribution in [0.15, 0.2) is 54.7 Å². The second-order valence-corrected chi connectivity index (χ2v) is 5.00. The van der Waals surface area contributed by atoms with Gasteiger partial charge in [-0.3, -0.25) is 4.98 Å². The molecule has 0 atom stereocenters. The summed E-state index contributed by atoms with van der Waals surface area (Å²) in [6.07, 6.45) is 1.68. The predicted octanol–water partition coefficient (Wildman–Crippen LogP) is 5.42. The van der Waals surface area contributed by atoms with Crippen LogP contribution in [0.4, 0.5) is 0 Å². The zero-order valence-corrected chi connectivity index (χ0v) is 12.0. The molecule has 0 unspecified atom stereocenters. The lowest BCUT2D eigenvalue weighted by Crippen LogP contribution is -1.91. The average molecular weight is 304 g/mol. The van der Waals surface area contributed by atoms with Gasteiger partial charge in [0.15, 0.2) is 0 Å². The van der Waals surface area contributed by atoms with Crippen LogP contribution in [-0.2, 0) is 5.88 Å². The molecule has 0 aliphatic rings. The van der Waals surface area contributed by atoms with Crippen LogP contribution in [0, 0.1) is 0 Å². The van der Waals surface area contributed by atoms with Crippen molar-refractivity contribution in [3.05, 3.63) is 65.3 Å². The summed E-state index contributed by atoms with van der Waals surface area (Å²) in [5.74, 6) is 1.57. The molecular formula is C16H11Cl2NO. The fraction of sp³-hybridized carbons (Fsp3) is 0.0625. The van der Waals surface area contributed by atoms with Gasteiger partial charge in [0, 0.05) is 10.9 Å². The topological polar surface area (TPSA) is 22.1 Å². The Kier molecular flexibility index (Phi) is 3.77. The molecule has 0 fully saturated rings. The number of halogens is 2. The van der Waals surface area contributed by atoms with Gasteiger partial charge in [0.2, 0.25) is 0 Å². The van der Waals surface area contributed by atoms with E-state index in [9.17, 15) is 0 Å². The Morgan fingerprint density at radius 3 is 2.75 bits per heavy atom. The first kappa shape index (κ1) is 13.2. The number of para-hydroxylation sites is 2. The number of nitrogens with zero attached hydrogens (tertiary/aromatic N) is 1. The molecule has 20 heavy (non-hydrogen) atoms. The van der Waals surface area contributed by atoms with E-state index in [0.29, 0.717) is 22.4 Å². The molecule has 0 N–H and O–H groups in total. The summed E-state index contributed by atoms with van der Waals surface area (Å²) in [5.41, 5.74) is 1.78. The average Bonchev–Trinajstić information content (AvgIpc) is 2.49. The van der Waals surface area contributed by atoms with Crippen LogP contribution in [0.2, 0.25) is 5.02 Å². The first-order chi connectivity index (χ1) is 9.78. The van der Waals surface area contributed by atoms with Gasteiger partial charge in [-0.2, -0.15) is 0 Å². The van der Waals surface area contributed by atoms with Crippen LogP contribution in [0.5, 0.6) is 11.5 Å². The standard InChI is InChI=1S/C16H11Cl2NO/c17-9-12-5-3-6-14(18)16(12)20-13-8-11-4-1-2-7-15(11)19-10-13/h1-8,10H,9H2. The lowest BCUT2D eigenvalue weighted by Gasteiger charge is -2.11. The summed E-state index contributed by atoms with van der Waals surface area (Å²) < 4.78 is 5.86. The molecule has 1 heterocycles. The SMILES string of the molecule is ClCc1cccc(Cl)c1Oc1cnc2ccccc2c1. The minimum atomic E-state index is 0.344. The highest BCUT2D eigenvalue weighted by Crippen LogP contribution is 2.34. The zero-order valence-electron chi connectivity index (χ0n) is 10.5. The van der Waals surface area contributed by atoms with E-state index in [0.717, 1.165) is 16.5 Å². The Morgan fingerprint density at radius 2 is 1.90 bits per heavy atom. The molecule has 2 aromatic carbocycles. The highest BCUT2D eigenvalue weighted by Gasteiger charge is 2.09. The van der Waals surface area contributed by atoms with Gasteiger partial charge in [0.1, 0.15) is 11.5 Å². The summed E-state index contributed by atoms with van der Waals surface area (Å²) in [6.45, 7) is 0. The Morgan fingerprint density at radius 1 is 1.05 bits per heavy atom. The maximum atomic E-state index is 6.17. The minimum absolute atomic E-state index is 0.344. The summed E-state index contributed by atoms with van der Waals surface area (Å²) in [6, 6.07) is 15.3. The highest BCUT2D eigenvalue weighted by molar-refractivity contribution is 6.32. The fourth-order valence-corrected chi connectivity index (χ4v) is 2.44. The smallest absolute Gasteiger partial charge is 0.150 e. The van der Waals surface area contributed by atoms with Crippen molar-refractivity contribution in [3.63, 3.8) is 0 Å². The third kappa shape index (κ3) is 2.58. The monoisotopic (exact) mass is 303 g/mol. The molecule has 0 aliphatic heterocycles. The number of pyridine rings is 1. The van der Waals surface area contributed by atoms with Crippen molar-refractivity contribution in [2.75, 3.05) is 0 Å². The third-order valence-electron chi connectivity index (χ3n) is 2.98. The molecule has 0 spiro atoms. The molecule has 3 rings (SSSR count). The van der Waals surface area contributed by atoms with E-state index in [1.54, 1.807) is 12.3 Å². The van der Waals surface area contributed by atoms with E-state index in [-0.39, 0.29) is 0 Å². The Labute approximate surface area is 126 Å². The molecule has 1 aromatic heterocycles. The van der Waals surface area contributed by atoms with Gasteiger partial charge in [0.05, 0.1) is 22.6 Å². The maximum Gasteiger partial charge on any atom is 0.150 e. The number of hydrogen-bond acceptors (Lipinski definition) is 2. The molecule has 0 radical (unpaired) electrons. The molecule has 0 bridgehead atoms. The van der Waals surface area contributed by atoms with Crippen molar-refractivity contribution in [2.24, 2.45) is 0 Å². The molecule has 0 aliphatic carbocycles. The van der Waals surface area contributed by atoms with Crippen LogP contribution in [-0.4, -0.2) is 4.98 Å². The first-order valence-electron chi connectivity index (χ1n) is 6.14. The van der Waals surface area contributed by atoms with Crippen LogP contribution < -0.4 is 4.74 Å². The maximum absolute atomic E-state index is 6.17. The Bertz CT molecular complexity index is 758. The Hall–Kier alpha value is -1.77. The van der Waals surface area contributed by atoms with E-state index in [2.05, 4.69) is 4.98 Å². The van der Waals surface area contributed by atoms with Gasteiger partial charge in [-0.1, -0.05) is 41.9 Å². The van der Waals surface area contributed by atoms with Crippen molar-refractivity contribution in [1.29, 1.82) is 0 Å². The number of hydrogen-bond donors (Lipinski definition) is 0. The lowest BCUT2D eigenvalue weighted by atomic mass is 10.2. The first-order valence-corrected chi connectivity index (χ1v) is 7.05. The number of alkyl halides is 1. The van der Waals surface area contributed by atoms with Crippen LogP contribution >= 0.6 is 23.2 Å². The second kappa shape index (κ2) is 5.70. The summed E-state index contributed by atoms with van der Waals surface area (Å²) in [7, 11) is 0. The van der Waals surface area contributed by atoms with Crippen molar-refractivity contribution in [2.45, 2.75) is 5.88 Å². The number of fused-ring (bicyclic) bond motifs is 1. The van der Waals surface area contributed by atoms with Crippen molar-refractivity contribution < 1.29 is 4.74 Å². The largest absolute Gasteiger partial charge is 0.454 e. The van der Waals surface area contributed by atoms with E-state index < -0.39 is 0 Å². The normalized spacial score (nSPS) is 10.7. The lowest BCUT2D eigenvalue weighted by molar-refractivity contribution is 0.477. The van der Waals surface area contributed by atoms with Crippen LogP contribution in [0.3, 0.4) is 0 Å². The van der Waals surface area contributed by atoms with Crippen molar-refractivity contribution in [1.82, 2.24) is 4.98 Å². The quantitative estimate of drug-likeness (QED) is 0.603. The van der Waals surface area contributed by atoms with Gasteiger partial charge in [-0.15, -0.1) is 11.6 Å². The van der Waals surface area contributed by atoms with Gasteiger partial charge >= 0.3 is 0 Å². The molecule has 4 heteroatoms. The fourth-order valence-electron chi connectivity index (χ4n) is 2.00. The number of rotatable bonds is 3. The van der Waals surface area contributed by atoms with Crippen LogP contribution in [0.25, 0.3) is 10.9 Å². The van der Waals surface area contributed by atoms with Gasteiger partial charge in [0.25, 0.3) is 0 Å². The van der Waals surface area contributed by atoms with Crippen LogP contribution in [0.1, 0.15) is 5.56 Å². The summed E-state index contributed by atoms with van der Waals surface area (Å²) in [4.78, 5) is 4.36.